The van der Waals surface area contributed by atoms with Crippen LogP contribution in [0.1, 0.15) is 11.1 Å². The minimum atomic E-state index is -0.110. The molecule has 0 bridgehead atoms. The molecule has 0 aliphatic rings. The quantitative estimate of drug-likeness (QED) is 0.730. The molecular formula is C16H10ClN3O. The van der Waals surface area contributed by atoms with E-state index in [4.69, 9.17) is 16.9 Å². The first-order valence-electron chi connectivity index (χ1n) is 6.32. The van der Waals surface area contributed by atoms with E-state index in [1.165, 1.54) is 10.9 Å². The molecule has 4 nitrogen and oxygen atoms in total. The van der Waals surface area contributed by atoms with Crippen LogP contribution in [-0.2, 0) is 6.54 Å². The van der Waals surface area contributed by atoms with Crippen molar-refractivity contribution < 1.29 is 0 Å². The second kappa shape index (κ2) is 5.39. The summed E-state index contributed by atoms with van der Waals surface area (Å²) >= 11 is 6.14. The fraction of sp³-hybridized carbons (Fsp3) is 0.0625. The molecule has 0 aliphatic heterocycles. The summed E-state index contributed by atoms with van der Waals surface area (Å²) in [7, 11) is 0. The average molecular weight is 296 g/mol. The number of nitrogens with zero attached hydrogens (tertiary/aromatic N) is 3. The lowest BCUT2D eigenvalue weighted by Gasteiger charge is -2.08. The van der Waals surface area contributed by atoms with Gasteiger partial charge in [0.05, 0.1) is 35.4 Å². The van der Waals surface area contributed by atoms with E-state index in [0.29, 0.717) is 28.0 Å². The van der Waals surface area contributed by atoms with Crippen molar-refractivity contribution in [1.29, 1.82) is 5.26 Å². The van der Waals surface area contributed by atoms with E-state index in [0.717, 1.165) is 5.56 Å². The maximum absolute atomic E-state index is 12.4. The Hall–Kier alpha value is -2.64. The molecule has 1 aromatic heterocycles. The highest BCUT2D eigenvalue weighted by molar-refractivity contribution is 6.31. The molecule has 0 saturated carbocycles. The minimum Gasteiger partial charge on any atom is -0.294 e. The van der Waals surface area contributed by atoms with Gasteiger partial charge in [0.2, 0.25) is 0 Å². The summed E-state index contributed by atoms with van der Waals surface area (Å²) in [5, 5.41) is 9.87. The minimum absolute atomic E-state index is 0.110. The number of nitriles is 1. The third kappa shape index (κ3) is 2.51. The van der Waals surface area contributed by atoms with E-state index in [1.54, 1.807) is 30.3 Å². The standard InChI is InChI=1S/C16H10ClN3O/c17-14-7-11(8-18)5-6-12(14)9-20-10-19-15-4-2-1-3-13(15)16(20)21/h1-7,10H,9H2. The Balaban J connectivity index is 2.05. The summed E-state index contributed by atoms with van der Waals surface area (Å²) in [6.45, 7) is 0.321. The Bertz CT molecular complexity index is 925. The van der Waals surface area contributed by atoms with Crippen LogP contribution in [0.4, 0.5) is 0 Å². The summed E-state index contributed by atoms with van der Waals surface area (Å²) in [6.07, 6.45) is 1.51. The lowest BCUT2D eigenvalue weighted by atomic mass is 10.1. The van der Waals surface area contributed by atoms with Gasteiger partial charge in [-0.1, -0.05) is 29.8 Å². The van der Waals surface area contributed by atoms with Gasteiger partial charge in [-0.3, -0.25) is 9.36 Å². The third-order valence-electron chi connectivity index (χ3n) is 3.25. The number of benzene rings is 2. The second-order valence-electron chi connectivity index (χ2n) is 4.61. The Morgan fingerprint density at radius 3 is 2.81 bits per heavy atom. The number of rotatable bonds is 2. The van der Waals surface area contributed by atoms with Crippen molar-refractivity contribution in [1.82, 2.24) is 9.55 Å². The predicted octanol–water partition coefficient (Wildman–Crippen LogP) is 2.97. The van der Waals surface area contributed by atoms with Gasteiger partial charge < -0.3 is 0 Å². The van der Waals surface area contributed by atoms with Crippen LogP contribution in [0, 0.1) is 11.3 Å². The molecule has 0 N–H and O–H groups in total. The number of aromatic nitrogens is 2. The van der Waals surface area contributed by atoms with Crippen molar-refractivity contribution in [2.45, 2.75) is 6.54 Å². The van der Waals surface area contributed by atoms with Crippen LogP contribution in [0.15, 0.2) is 53.6 Å². The number of halogens is 1. The number of hydrogen-bond donors (Lipinski definition) is 0. The Kier molecular flexibility index (Phi) is 3.43. The zero-order valence-corrected chi connectivity index (χ0v) is 11.7. The molecule has 102 valence electrons. The largest absolute Gasteiger partial charge is 0.294 e. The van der Waals surface area contributed by atoms with Gasteiger partial charge in [-0.15, -0.1) is 0 Å². The van der Waals surface area contributed by atoms with Crippen molar-refractivity contribution in [3.8, 4) is 6.07 Å². The fourth-order valence-electron chi connectivity index (χ4n) is 2.15. The molecule has 0 unspecified atom stereocenters. The molecule has 0 fully saturated rings. The first-order valence-corrected chi connectivity index (χ1v) is 6.69. The number of hydrogen-bond acceptors (Lipinski definition) is 3. The van der Waals surface area contributed by atoms with Crippen molar-refractivity contribution in [2.24, 2.45) is 0 Å². The SMILES string of the molecule is N#Cc1ccc(Cn2cnc3ccccc3c2=O)c(Cl)c1. The van der Waals surface area contributed by atoms with Crippen LogP contribution >= 0.6 is 11.6 Å². The van der Waals surface area contributed by atoms with E-state index >= 15 is 0 Å². The van der Waals surface area contributed by atoms with E-state index in [-0.39, 0.29) is 5.56 Å². The molecule has 1 heterocycles. The summed E-state index contributed by atoms with van der Waals surface area (Å²) < 4.78 is 1.51. The third-order valence-corrected chi connectivity index (χ3v) is 3.61. The molecule has 21 heavy (non-hydrogen) atoms. The molecule has 0 atom stereocenters. The molecule has 0 aliphatic carbocycles. The average Bonchev–Trinajstić information content (AvgIpc) is 2.52. The van der Waals surface area contributed by atoms with Gasteiger partial charge >= 0.3 is 0 Å². The first-order chi connectivity index (χ1) is 10.2. The number of para-hydroxylation sites is 1. The van der Waals surface area contributed by atoms with Gasteiger partial charge in [0.15, 0.2) is 0 Å². The van der Waals surface area contributed by atoms with Crippen molar-refractivity contribution in [3.63, 3.8) is 0 Å². The van der Waals surface area contributed by atoms with Gasteiger partial charge in [0.25, 0.3) is 5.56 Å². The van der Waals surface area contributed by atoms with Crippen LogP contribution in [0.25, 0.3) is 10.9 Å². The van der Waals surface area contributed by atoms with E-state index in [1.807, 2.05) is 18.2 Å². The molecule has 0 radical (unpaired) electrons. The maximum atomic E-state index is 12.4. The molecule has 0 amide bonds. The van der Waals surface area contributed by atoms with Crippen molar-refractivity contribution in [2.75, 3.05) is 0 Å². The first kappa shape index (κ1) is 13.3. The monoisotopic (exact) mass is 295 g/mol. The van der Waals surface area contributed by atoms with E-state index in [9.17, 15) is 4.79 Å². The zero-order valence-electron chi connectivity index (χ0n) is 11.0. The van der Waals surface area contributed by atoms with E-state index in [2.05, 4.69) is 4.98 Å². The topological polar surface area (TPSA) is 58.7 Å². The van der Waals surface area contributed by atoms with Gasteiger partial charge in [0.1, 0.15) is 0 Å². The van der Waals surface area contributed by atoms with Gasteiger partial charge in [0, 0.05) is 5.02 Å². The van der Waals surface area contributed by atoms with Gasteiger partial charge in [-0.25, -0.2) is 4.98 Å². The molecule has 0 spiro atoms. The van der Waals surface area contributed by atoms with Crippen LogP contribution < -0.4 is 5.56 Å². The Morgan fingerprint density at radius 2 is 2.05 bits per heavy atom. The van der Waals surface area contributed by atoms with Crippen LogP contribution in [-0.4, -0.2) is 9.55 Å². The smallest absolute Gasteiger partial charge is 0.261 e. The predicted molar refractivity (Wildman–Crippen MR) is 81.3 cm³/mol. The molecular weight excluding hydrogens is 286 g/mol. The van der Waals surface area contributed by atoms with Crippen LogP contribution in [0.2, 0.25) is 5.02 Å². The Labute approximate surface area is 125 Å². The highest BCUT2D eigenvalue weighted by Gasteiger charge is 2.07. The van der Waals surface area contributed by atoms with Gasteiger partial charge in [-0.05, 0) is 29.8 Å². The lowest BCUT2D eigenvalue weighted by molar-refractivity contribution is 0.748. The molecule has 2 aromatic carbocycles. The van der Waals surface area contributed by atoms with Gasteiger partial charge in [-0.2, -0.15) is 5.26 Å². The Morgan fingerprint density at radius 1 is 1.24 bits per heavy atom. The van der Waals surface area contributed by atoms with Crippen molar-refractivity contribution in [3.05, 3.63) is 75.3 Å². The molecule has 5 heteroatoms. The van der Waals surface area contributed by atoms with Crippen LogP contribution in [0.5, 0.6) is 0 Å². The fourth-order valence-corrected chi connectivity index (χ4v) is 2.39. The second-order valence-corrected chi connectivity index (χ2v) is 5.02. The highest BCUT2D eigenvalue weighted by atomic mass is 35.5. The van der Waals surface area contributed by atoms with E-state index < -0.39 is 0 Å². The number of fused-ring (bicyclic) bond motifs is 1. The maximum Gasteiger partial charge on any atom is 0.261 e. The summed E-state index contributed by atoms with van der Waals surface area (Å²) in [5.41, 5.74) is 1.83. The zero-order chi connectivity index (χ0) is 14.8. The molecule has 3 rings (SSSR count). The van der Waals surface area contributed by atoms with Crippen LogP contribution in [0.3, 0.4) is 0 Å². The van der Waals surface area contributed by atoms with Crippen molar-refractivity contribution >= 4 is 22.5 Å². The summed E-state index contributed by atoms with van der Waals surface area (Å²) in [6, 6.07) is 14.3. The summed E-state index contributed by atoms with van der Waals surface area (Å²) in [4.78, 5) is 16.7. The highest BCUT2D eigenvalue weighted by Crippen LogP contribution is 2.18. The lowest BCUT2D eigenvalue weighted by Crippen LogP contribution is -2.21. The molecule has 0 saturated heterocycles. The summed E-state index contributed by atoms with van der Waals surface area (Å²) in [5.74, 6) is 0. The normalized spacial score (nSPS) is 10.5. The molecule has 3 aromatic rings.